The molecule has 0 N–H and O–H groups in total. The van der Waals surface area contributed by atoms with Crippen LogP contribution in [0, 0.1) is 5.92 Å². The summed E-state index contributed by atoms with van der Waals surface area (Å²) in [6, 6.07) is 56.4. The van der Waals surface area contributed by atoms with Gasteiger partial charge in [0, 0.05) is 11.8 Å². The number of rotatable bonds is 3. The second-order valence-corrected chi connectivity index (χ2v) is 13.2. The van der Waals surface area contributed by atoms with Gasteiger partial charge in [-0.1, -0.05) is 152 Å². The standard InChI is InChI=1S/C48H32/c1-4-16-37-31(13-1)28-46(43-22-10-7-19-40(37)43)34-25-35(47-29-32-14-2-5-17-38(32)41-20-8-11-23-44(41)47)27-36(26-34)48-30-33-15-3-6-18-39(33)42-21-9-12-24-45(42)48/h1-30,40,43H. The summed E-state index contributed by atoms with van der Waals surface area (Å²) in [5.74, 6) is 0.594. The van der Waals surface area contributed by atoms with E-state index < -0.39 is 0 Å². The molecule has 0 saturated heterocycles. The van der Waals surface area contributed by atoms with Crippen molar-refractivity contribution >= 4 is 54.7 Å². The van der Waals surface area contributed by atoms with Gasteiger partial charge in [0.05, 0.1) is 0 Å². The van der Waals surface area contributed by atoms with Crippen molar-refractivity contribution in [1.82, 2.24) is 0 Å². The Labute approximate surface area is 280 Å². The molecule has 0 aliphatic heterocycles. The van der Waals surface area contributed by atoms with E-state index in [0.29, 0.717) is 5.92 Å². The third-order valence-electron chi connectivity index (χ3n) is 10.6. The fraction of sp³-hybridized carbons (Fsp3) is 0.0417. The SMILES string of the molecule is C1=CC2C(c3cc(-c4cc5ccccc5c5ccccc45)cc(-c4cc5ccccc5c5ccccc45)c3)=Cc3ccccc3C2C=C1. The van der Waals surface area contributed by atoms with Crippen molar-refractivity contribution in [2.45, 2.75) is 5.92 Å². The van der Waals surface area contributed by atoms with Crippen LogP contribution in [0.4, 0.5) is 0 Å². The molecule has 0 saturated carbocycles. The molecular weight excluding hydrogens is 577 g/mol. The summed E-state index contributed by atoms with van der Waals surface area (Å²) in [5, 5.41) is 10.3. The highest BCUT2D eigenvalue weighted by Crippen LogP contribution is 2.48. The Bertz CT molecular complexity index is 2540. The first-order valence-corrected chi connectivity index (χ1v) is 16.9. The molecule has 8 aromatic carbocycles. The normalized spacial score (nSPS) is 16.7. The number of fused-ring (bicyclic) bond motifs is 9. The van der Waals surface area contributed by atoms with Crippen LogP contribution >= 0.6 is 0 Å². The fourth-order valence-corrected chi connectivity index (χ4v) is 8.38. The minimum atomic E-state index is 0.273. The van der Waals surface area contributed by atoms with Crippen LogP contribution in [0.5, 0.6) is 0 Å². The third kappa shape index (κ3) is 4.23. The summed E-state index contributed by atoms with van der Waals surface area (Å²) in [7, 11) is 0. The van der Waals surface area contributed by atoms with Crippen molar-refractivity contribution in [3.8, 4) is 22.3 Å². The van der Waals surface area contributed by atoms with E-state index in [9.17, 15) is 0 Å². The van der Waals surface area contributed by atoms with Gasteiger partial charge < -0.3 is 0 Å². The zero-order chi connectivity index (χ0) is 31.6. The monoisotopic (exact) mass is 608 g/mol. The molecule has 10 rings (SSSR count). The lowest BCUT2D eigenvalue weighted by molar-refractivity contribution is 0.709. The van der Waals surface area contributed by atoms with Gasteiger partial charge in [-0.15, -0.1) is 0 Å². The van der Waals surface area contributed by atoms with E-state index in [-0.39, 0.29) is 5.92 Å². The quantitative estimate of drug-likeness (QED) is 0.175. The highest BCUT2D eigenvalue weighted by molar-refractivity contribution is 6.16. The molecule has 0 bridgehead atoms. The second-order valence-electron chi connectivity index (χ2n) is 13.2. The van der Waals surface area contributed by atoms with Crippen LogP contribution in [0.2, 0.25) is 0 Å². The van der Waals surface area contributed by atoms with E-state index in [0.717, 1.165) is 0 Å². The minimum absolute atomic E-state index is 0.273. The maximum absolute atomic E-state index is 2.45. The lowest BCUT2D eigenvalue weighted by atomic mass is 9.71. The maximum Gasteiger partial charge on any atom is 0.0131 e. The zero-order valence-corrected chi connectivity index (χ0v) is 26.5. The Balaban J connectivity index is 1.30. The van der Waals surface area contributed by atoms with Gasteiger partial charge in [-0.25, -0.2) is 0 Å². The van der Waals surface area contributed by atoms with Gasteiger partial charge in [-0.3, -0.25) is 0 Å². The number of hydrogen-bond donors (Lipinski definition) is 0. The van der Waals surface area contributed by atoms with Gasteiger partial charge in [0.2, 0.25) is 0 Å². The lowest BCUT2D eigenvalue weighted by Gasteiger charge is -2.33. The summed E-state index contributed by atoms with van der Waals surface area (Å²) in [4.78, 5) is 0. The molecule has 0 radical (unpaired) electrons. The summed E-state index contributed by atoms with van der Waals surface area (Å²) in [5.41, 5.74) is 10.4. The number of hydrogen-bond acceptors (Lipinski definition) is 0. The maximum atomic E-state index is 2.45. The largest absolute Gasteiger partial charge is 0.0761 e. The Hall–Kier alpha value is -5.98. The van der Waals surface area contributed by atoms with Crippen LogP contribution < -0.4 is 0 Å². The third-order valence-corrected chi connectivity index (χ3v) is 10.6. The van der Waals surface area contributed by atoms with Gasteiger partial charge in [-0.05, 0) is 118 Å². The molecule has 48 heavy (non-hydrogen) atoms. The van der Waals surface area contributed by atoms with E-state index in [4.69, 9.17) is 0 Å². The molecule has 2 aliphatic carbocycles. The van der Waals surface area contributed by atoms with Crippen molar-refractivity contribution in [2.75, 3.05) is 0 Å². The lowest BCUT2D eigenvalue weighted by Crippen LogP contribution is -2.17. The first kappa shape index (κ1) is 27.2. The predicted molar refractivity (Wildman–Crippen MR) is 206 cm³/mol. The average molecular weight is 609 g/mol. The van der Waals surface area contributed by atoms with Crippen LogP contribution in [-0.4, -0.2) is 0 Å². The van der Waals surface area contributed by atoms with Gasteiger partial charge in [0.1, 0.15) is 0 Å². The first-order chi connectivity index (χ1) is 23.8. The minimum Gasteiger partial charge on any atom is -0.0761 e. The molecule has 2 unspecified atom stereocenters. The molecule has 0 heterocycles. The average Bonchev–Trinajstić information content (AvgIpc) is 3.16. The summed E-state index contributed by atoms with van der Waals surface area (Å²) >= 11 is 0. The molecule has 0 spiro atoms. The van der Waals surface area contributed by atoms with Crippen LogP contribution in [0.3, 0.4) is 0 Å². The van der Waals surface area contributed by atoms with Crippen molar-refractivity contribution in [1.29, 1.82) is 0 Å². The first-order valence-electron chi connectivity index (χ1n) is 16.9. The highest BCUT2D eigenvalue weighted by Gasteiger charge is 2.30. The Kier molecular flexibility index (Phi) is 6.11. The van der Waals surface area contributed by atoms with Crippen LogP contribution in [0.1, 0.15) is 22.6 Å². The van der Waals surface area contributed by atoms with E-state index in [1.807, 2.05) is 0 Å². The molecule has 2 atom stereocenters. The Morgan fingerprint density at radius 3 is 1.42 bits per heavy atom. The molecule has 8 aromatic rings. The topological polar surface area (TPSA) is 0 Å². The number of allylic oxidation sites excluding steroid dienone is 5. The van der Waals surface area contributed by atoms with Gasteiger partial charge in [-0.2, -0.15) is 0 Å². The molecular formula is C48H32. The molecule has 224 valence electrons. The molecule has 0 heteroatoms. The Morgan fingerprint density at radius 2 is 0.812 bits per heavy atom. The van der Waals surface area contributed by atoms with Gasteiger partial charge >= 0.3 is 0 Å². The fourth-order valence-electron chi connectivity index (χ4n) is 8.38. The zero-order valence-electron chi connectivity index (χ0n) is 26.5. The highest BCUT2D eigenvalue weighted by atomic mass is 14.3. The molecule has 0 fully saturated rings. The molecule has 0 aromatic heterocycles. The van der Waals surface area contributed by atoms with Gasteiger partial charge in [0.25, 0.3) is 0 Å². The summed E-state index contributed by atoms with van der Waals surface area (Å²) in [6.07, 6.45) is 11.7. The van der Waals surface area contributed by atoms with Crippen LogP contribution in [-0.2, 0) is 0 Å². The molecule has 2 aliphatic rings. The predicted octanol–water partition coefficient (Wildman–Crippen LogP) is 13.0. The van der Waals surface area contributed by atoms with Crippen LogP contribution in [0.15, 0.2) is 176 Å². The van der Waals surface area contributed by atoms with Crippen LogP contribution in [0.25, 0.3) is 77.0 Å². The van der Waals surface area contributed by atoms with E-state index in [1.54, 1.807) is 0 Å². The van der Waals surface area contributed by atoms with Crippen molar-refractivity contribution in [3.05, 3.63) is 193 Å². The van der Waals surface area contributed by atoms with Crippen molar-refractivity contribution in [3.63, 3.8) is 0 Å². The molecule has 0 amide bonds. The van der Waals surface area contributed by atoms with E-state index in [1.165, 1.54) is 87.6 Å². The number of benzene rings is 8. The van der Waals surface area contributed by atoms with Crippen molar-refractivity contribution in [2.24, 2.45) is 5.92 Å². The van der Waals surface area contributed by atoms with Gasteiger partial charge in [0.15, 0.2) is 0 Å². The Morgan fingerprint density at radius 1 is 0.354 bits per heavy atom. The van der Waals surface area contributed by atoms with Crippen molar-refractivity contribution < 1.29 is 0 Å². The smallest absolute Gasteiger partial charge is 0.0131 e. The second kappa shape index (κ2) is 10.8. The molecule has 0 nitrogen and oxygen atoms in total. The van der Waals surface area contributed by atoms with E-state index >= 15 is 0 Å². The summed E-state index contributed by atoms with van der Waals surface area (Å²) < 4.78 is 0. The van der Waals surface area contributed by atoms with E-state index in [2.05, 4.69) is 182 Å². The summed E-state index contributed by atoms with van der Waals surface area (Å²) in [6.45, 7) is 0.